The number of aldehydes is 1. The van der Waals surface area contributed by atoms with Gasteiger partial charge in [-0.2, -0.15) is 0 Å². The molecule has 0 aromatic heterocycles. The highest BCUT2D eigenvalue weighted by Gasteiger charge is 2.07. The molecular formula is C22H36O2. The first-order valence-electron chi connectivity index (χ1n) is 8.90. The van der Waals surface area contributed by atoms with Crippen LogP contribution in [0.1, 0.15) is 67.2 Å². The summed E-state index contributed by atoms with van der Waals surface area (Å²) in [4.78, 5) is 10.5. The lowest BCUT2D eigenvalue weighted by atomic mass is 9.96. The summed E-state index contributed by atoms with van der Waals surface area (Å²) in [6.07, 6.45) is 13.4. The summed E-state index contributed by atoms with van der Waals surface area (Å²) in [6, 6.07) is 0. The maximum Gasteiger partial charge on any atom is 0.142 e. The Hall–Kier alpha value is -1.41. The molecular weight excluding hydrogens is 296 g/mol. The molecule has 0 aromatic carbocycles. The van der Waals surface area contributed by atoms with Crippen LogP contribution >= 0.6 is 0 Å². The van der Waals surface area contributed by atoms with Crippen LogP contribution < -0.4 is 0 Å². The lowest BCUT2D eigenvalue weighted by Crippen LogP contribution is -2.09. The molecule has 0 radical (unpaired) electrons. The average molecular weight is 333 g/mol. The minimum Gasteiger partial charge on any atom is -0.377 e. The molecule has 0 amide bonds. The van der Waals surface area contributed by atoms with E-state index in [9.17, 15) is 4.79 Å². The largest absolute Gasteiger partial charge is 0.377 e. The second kappa shape index (κ2) is 12.9. The van der Waals surface area contributed by atoms with Crippen LogP contribution in [0.15, 0.2) is 46.6 Å². The van der Waals surface area contributed by atoms with E-state index in [0.29, 0.717) is 5.92 Å². The summed E-state index contributed by atoms with van der Waals surface area (Å²) in [5, 5.41) is 0. The van der Waals surface area contributed by atoms with Gasteiger partial charge in [-0.15, -0.1) is 0 Å². The number of allylic oxidation sites excluding steroid dienone is 6. The number of carbonyl (C=O) groups excluding carboxylic acids is 1. The van der Waals surface area contributed by atoms with Gasteiger partial charge in [0.1, 0.15) is 6.29 Å². The van der Waals surface area contributed by atoms with E-state index in [2.05, 4.69) is 52.8 Å². The van der Waals surface area contributed by atoms with Gasteiger partial charge in [-0.3, -0.25) is 4.79 Å². The molecule has 2 unspecified atom stereocenters. The normalized spacial score (nSPS) is 15.9. The Morgan fingerprint density at radius 3 is 2.17 bits per heavy atom. The monoisotopic (exact) mass is 332 g/mol. The van der Waals surface area contributed by atoms with Gasteiger partial charge in [0.25, 0.3) is 0 Å². The summed E-state index contributed by atoms with van der Waals surface area (Å²) in [5.74, 6) is 0.525. The van der Waals surface area contributed by atoms with Crippen molar-refractivity contribution in [2.45, 2.75) is 73.3 Å². The molecule has 0 heterocycles. The maximum atomic E-state index is 10.5. The third-order valence-electron chi connectivity index (χ3n) is 3.95. The SMILES string of the molecule is COC(/C=C(\C)CC(C)/C=C(\C)CCC=C(C)C)C/C(C)=C/C=O. The van der Waals surface area contributed by atoms with Crippen molar-refractivity contribution in [3.8, 4) is 0 Å². The zero-order chi connectivity index (χ0) is 18.5. The predicted octanol–water partition coefficient (Wildman–Crippen LogP) is 6.20. The fourth-order valence-electron chi connectivity index (χ4n) is 2.82. The number of ether oxygens (including phenoxy) is 1. The third-order valence-corrected chi connectivity index (χ3v) is 3.95. The number of carbonyl (C=O) groups is 1. The Labute approximate surface area is 149 Å². The minimum absolute atomic E-state index is 0.0381. The molecule has 0 rings (SSSR count). The van der Waals surface area contributed by atoms with Crippen molar-refractivity contribution in [3.63, 3.8) is 0 Å². The molecule has 0 N–H and O–H groups in total. The Bertz CT molecular complexity index is 488. The Morgan fingerprint density at radius 1 is 0.958 bits per heavy atom. The first-order valence-corrected chi connectivity index (χ1v) is 8.90. The summed E-state index contributed by atoms with van der Waals surface area (Å²) in [5.41, 5.74) is 5.23. The topological polar surface area (TPSA) is 26.3 Å². The van der Waals surface area contributed by atoms with Crippen LogP contribution in [0, 0.1) is 5.92 Å². The standard InChI is InChI=1S/C22H36O2/c1-17(2)9-8-10-18(3)13-20(5)14-21(6)16-22(24-7)15-19(4)11-12-23/h9,11-13,16,20,22H,8,10,14-15H2,1-7H3/b18-13+,19-11+,21-16+. The van der Waals surface area contributed by atoms with Crippen molar-refractivity contribution in [2.24, 2.45) is 5.92 Å². The number of rotatable bonds is 11. The summed E-state index contributed by atoms with van der Waals surface area (Å²) >= 11 is 0. The second-order valence-electron chi connectivity index (χ2n) is 7.15. The van der Waals surface area contributed by atoms with Gasteiger partial charge in [0.15, 0.2) is 0 Å². The van der Waals surface area contributed by atoms with E-state index in [1.807, 2.05) is 6.92 Å². The molecule has 0 fully saturated rings. The van der Waals surface area contributed by atoms with Crippen LogP contribution in [0.5, 0.6) is 0 Å². The number of hydrogen-bond acceptors (Lipinski definition) is 2. The van der Waals surface area contributed by atoms with E-state index in [-0.39, 0.29) is 6.10 Å². The van der Waals surface area contributed by atoms with E-state index >= 15 is 0 Å². The Morgan fingerprint density at radius 2 is 1.62 bits per heavy atom. The van der Waals surface area contributed by atoms with Gasteiger partial charge >= 0.3 is 0 Å². The molecule has 0 saturated carbocycles. The average Bonchev–Trinajstić information content (AvgIpc) is 2.45. The highest BCUT2D eigenvalue weighted by Crippen LogP contribution is 2.19. The Balaban J connectivity index is 4.59. The first kappa shape index (κ1) is 22.6. The van der Waals surface area contributed by atoms with Gasteiger partial charge in [0.2, 0.25) is 0 Å². The molecule has 0 aromatic rings. The van der Waals surface area contributed by atoms with Gasteiger partial charge in [0, 0.05) is 7.11 Å². The van der Waals surface area contributed by atoms with E-state index in [4.69, 9.17) is 4.74 Å². The van der Waals surface area contributed by atoms with E-state index in [1.54, 1.807) is 13.2 Å². The molecule has 0 aliphatic heterocycles. The summed E-state index contributed by atoms with van der Waals surface area (Å²) in [6.45, 7) is 12.9. The van der Waals surface area contributed by atoms with Gasteiger partial charge in [-0.05, 0) is 72.3 Å². The molecule has 2 atom stereocenters. The molecule has 24 heavy (non-hydrogen) atoms. The number of methoxy groups -OCH3 is 1. The molecule has 136 valence electrons. The van der Waals surface area contributed by atoms with Crippen molar-refractivity contribution in [2.75, 3.05) is 7.11 Å². The van der Waals surface area contributed by atoms with Crippen molar-refractivity contribution in [1.82, 2.24) is 0 Å². The van der Waals surface area contributed by atoms with E-state index < -0.39 is 0 Å². The molecule has 0 spiro atoms. The Kier molecular flexibility index (Phi) is 12.2. The molecule has 0 aliphatic carbocycles. The van der Waals surface area contributed by atoms with Crippen LogP contribution in [0.3, 0.4) is 0 Å². The van der Waals surface area contributed by atoms with Gasteiger partial charge in [-0.1, -0.05) is 47.4 Å². The zero-order valence-corrected chi connectivity index (χ0v) is 16.7. The molecule has 0 aliphatic rings. The van der Waals surface area contributed by atoms with Gasteiger partial charge in [-0.25, -0.2) is 0 Å². The lowest BCUT2D eigenvalue weighted by molar-refractivity contribution is -0.104. The lowest BCUT2D eigenvalue weighted by Gasteiger charge is -2.14. The van der Waals surface area contributed by atoms with Crippen LogP contribution in [0.4, 0.5) is 0 Å². The molecule has 0 saturated heterocycles. The van der Waals surface area contributed by atoms with Crippen LogP contribution in [0.2, 0.25) is 0 Å². The summed E-state index contributed by atoms with van der Waals surface area (Å²) < 4.78 is 5.52. The quantitative estimate of drug-likeness (QED) is 0.256. The fraction of sp³-hybridized carbons (Fsp3) is 0.591. The predicted molar refractivity (Wildman–Crippen MR) is 105 cm³/mol. The van der Waals surface area contributed by atoms with Crippen LogP contribution in [-0.4, -0.2) is 19.5 Å². The first-order chi connectivity index (χ1) is 11.3. The minimum atomic E-state index is 0.0381. The highest BCUT2D eigenvalue weighted by molar-refractivity contribution is 5.65. The maximum absolute atomic E-state index is 10.5. The highest BCUT2D eigenvalue weighted by atomic mass is 16.5. The molecule has 2 heteroatoms. The summed E-state index contributed by atoms with van der Waals surface area (Å²) in [7, 11) is 1.72. The fourth-order valence-corrected chi connectivity index (χ4v) is 2.82. The smallest absolute Gasteiger partial charge is 0.142 e. The number of hydrogen-bond donors (Lipinski definition) is 0. The van der Waals surface area contributed by atoms with Crippen LogP contribution in [0.25, 0.3) is 0 Å². The van der Waals surface area contributed by atoms with Gasteiger partial charge in [0.05, 0.1) is 6.10 Å². The molecule has 0 bridgehead atoms. The van der Waals surface area contributed by atoms with Gasteiger partial charge < -0.3 is 4.74 Å². The zero-order valence-electron chi connectivity index (χ0n) is 16.7. The van der Waals surface area contributed by atoms with Crippen molar-refractivity contribution in [3.05, 3.63) is 46.6 Å². The van der Waals surface area contributed by atoms with Crippen molar-refractivity contribution < 1.29 is 9.53 Å². The van der Waals surface area contributed by atoms with Crippen molar-refractivity contribution >= 4 is 6.29 Å². The van der Waals surface area contributed by atoms with Crippen LogP contribution in [-0.2, 0) is 9.53 Å². The third kappa shape index (κ3) is 12.1. The molecule has 2 nitrogen and oxygen atoms in total. The second-order valence-corrected chi connectivity index (χ2v) is 7.15. The van der Waals surface area contributed by atoms with Crippen molar-refractivity contribution in [1.29, 1.82) is 0 Å². The van der Waals surface area contributed by atoms with E-state index in [1.165, 1.54) is 16.7 Å². The van der Waals surface area contributed by atoms with E-state index in [0.717, 1.165) is 37.5 Å².